The first-order valence-corrected chi connectivity index (χ1v) is 11.1. The summed E-state index contributed by atoms with van der Waals surface area (Å²) in [7, 11) is -0.777. The van der Waals surface area contributed by atoms with Gasteiger partial charge in [0.15, 0.2) is 0 Å². The number of halogens is 1. The second-order valence-electron chi connectivity index (χ2n) is 7.12. The number of likely N-dealkylation sites (tertiary alicyclic amines) is 1. The van der Waals surface area contributed by atoms with Crippen molar-refractivity contribution < 1.29 is 4.39 Å². The number of nitrogens with zero attached hydrogens (tertiary/aromatic N) is 1. The zero-order valence-electron chi connectivity index (χ0n) is 15.5. The zero-order chi connectivity index (χ0) is 18.5. The van der Waals surface area contributed by atoms with Gasteiger partial charge < -0.3 is 0 Å². The summed E-state index contributed by atoms with van der Waals surface area (Å²) in [6, 6.07) is 26.5. The van der Waals surface area contributed by atoms with Crippen LogP contribution in [0.2, 0.25) is 0 Å². The normalized spacial score (nSPS) is 15.2. The van der Waals surface area contributed by atoms with E-state index in [9.17, 15) is 4.39 Å². The molecule has 0 unspecified atom stereocenters. The molecule has 1 nitrogen and oxygen atoms in total. The molecule has 3 aromatic carbocycles. The largest absolute Gasteiger partial charge is 0.299 e. The van der Waals surface area contributed by atoms with Crippen LogP contribution in [-0.4, -0.2) is 18.0 Å². The Labute approximate surface area is 162 Å². The van der Waals surface area contributed by atoms with E-state index in [2.05, 4.69) is 53.4 Å². The van der Waals surface area contributed by atoms with Crippen molar-refractivity contribution in [2.24, 2.45) is 0 Å². The van der Waals surface area contributed by atoms with Crippen molar-refractivity contribution in [1.82, 2.24) is 4.90 Å². The highest BCUT2D eigenvalue weighted by Gasteiger charge is 2.21. The SMILES string of the molecule is Fc1ccc(CN2CCCCC2)c(P(c2ccccc2)c2ccccc2)c1. The highest BCUT2D eigenvalue weighted by atomic mass is 31.1. The van der Waals surface area contributed by atoms with Gasteiger partial charge in [0.05, 0.1) is 0 Å². The third-order valence-electron chi connectivity index (χ3n) is 5.16. The summed E-state index contributed by atoms with van der Waals surface area (Å²) in [6.45, 7) is 3.20. The van der Waals surface area contributed by atoms with Crippen LogP contribution in [0.15, 0.2) is 78.9 Å². The summed E-state index contributed by atoms with van der Waals surface area (Å²) in [4.78, 5) is 2.52. The molecule has 0 N–H and O–H groups in total. The lowest BCUT2D eigenvalue weighted by Gasteiger charge is -2.29. The number of hydrogen-bond acceptors (Lipinski definition) is 1. The lowest BCUT2D eigenvalue weighted by atomic mass is 10.1. The van der Waals surface area contributed by atoms with Gasteiger partial charge in [0, 0.05) is 6.54 Å². The predicted octanol–water partition coefficient (Wildman–Crippen LogP) is 4.57. The molecule has 1 fully saturated rings. The maximum absolute atomic E-state index is 14.3. The molecule has 4 rings (SSSR count). The molecule has 0 bridgehead atoms. The molecule has 0 aliphatic carbocycles. The van der Waals surface area contributed by atoms with Gasteiger partial charge in [-0.15, -0.1) is 0 Å². The fraction of sp³-hybridized carbons (Fsp3) is 0.250. The van der Waals surface area contributed by atoms with Crippen molar-refractivity contribution in [3.05, 3.63) is 90.2 Å². The van der Waals surface area contributed by atoms with Crippen LogP contribution in [0, 0.1) is 5.82 Å². The van der Waals surface area contributed by atoms with Crippen molar-refractivity contribution in [2.45, 2.75) is 25.8 Å². The Bertz CT molecular complexity index is 821. The first-order chi connectivity index (χ1) is 13.3. The van der Waals surface area contributed by atoms with E-state index < -0.39 is 7.92 Å². The molecule has 0 amide bonds. The molecule has 1 aliphatic heterocycles. The summed E-state index contributed by atoms with van der Waals surface area (Å²) in [6.07, 6.45) is 3.86. The van der Waals surface area contributed by atoms with Crippen LogP contribution in [0.3, 0.4) is 0 Å². The van der Waals surface area contributed by atoms with E-state index in [1.54, 1.807) is 12.1 Å². The summed E-state index contributed by atoms with van der Waals surface area (Å²) in [5, 5.41) is 3.68. The summed E-state index contributed by atoms with van der Waals surface area (Å²) in [5.74, 6) is -0.147. The van der Waals surface area contributed by atoms with E-state index in [1.165, 1.54) is 35.4 Å². The van der Waals surface area contributed by atoms with Crippen molar-refractivity contribution in [3.63, 3.8) is 0 Å². The summed E-state index contributed by atoms with van der Waals surface area (Å²) < 4.78 is 14.3. The molecule has 0 radical (unpaired) electrons. The molecule has 0 spiro atoms. The van der Waals surface area contributed by atoms with Crippen LogP contribution in [0.25, 0.3) is 0 Å². The van der Waals surface area contributed by atoms with E-state index in [1.807, 2.05) is 18.2 Å². The fourth-order valence-electron chi connectivity index (χ4n) is 3.82. The lowest BCUT2D eigenvalue weighted by Crippen LogP contribution is -2.32. The maximum Gasteiger partial charge on any atom is 0.123 e. The molecule has 1 aliphatic rings. The fourth-order valence-corrected chi connectivity index (χ4v) is 6.30. The van der Waals surface area contributed by atoms with Crippen LogP contribution in [-0.2, 0) is 6.54 Å². The average molecular weight is 377 g/mol. The third-order valence-corrected chi connectivity index (χ3v) is 7.69. The van der Waals surface area contributed by atoms with Gasteiger partial charge in [-0.25, -0.2) is 4.39 Å². The topological polar surface area (TPSA) is 3.24 Å². The lowest BCUT2D eigenvalue weighted by molar-refractivity contribution is 0.221. The van der Waals surface area contributed by atoms with Crippen LogP contribution >= 0.6 is 7.92 Å². The number of piperidine rings is 1. The van der Waals surface area contributed by atoms with Crippen molar-refractivity contribution in [1.29, 1.82) is 0 Å². The second kappa shape index (κ2) is 8.78. The van der Waals surface area contributed by atoms with Gasteiger partial charge >= 0.3 is 0 Å². The smallest absolute Gasteiger partial charge is 0.123 e. The minimum Gasteiger partial charge on any atom is -0.299 e. The van der Waals surface area contributed by atoms with E-state index in [0.29, 0.717) is 0 Å². The molecule has 1 heterocycles. The van der Waals surface area contributed by atoms with E-state index in [0.717, 1.165) is 24.9 Å². The molecular weight excluding hydrogens is 352 g/mol. The summed E-state index contributed by atoms with van der Waals surface area (Å²) >= 11 is 0. The minimum atomic E-state index is -0.777. The van der Waals surface area contributed by atoms with Crippen molar-refractivity contribution >= 4 is 23.8 Å². The Balaban J connectivity index is 1.78. The molecular formula is C24H25FNP. The molecule has 0 saturated carbocycles. The first kappa shape index (κ1) is 18.3. The van der Waals surface area contributed by atoms with Crippen LogP contribution in [0.5, 0.6) is 0 Å². The standard InChI is InChI=1S/C24H25FNP/c25-21-15-14-20(19-26-16-8-3-9-17-26)24(18-21)27(22-10-4-1-5-11-22)23-12-6-2-7-13-23/h1-2,4-7,10-15,18H,3,8-9,16-17,19H2. The molecule has 138 valence electrons. The molecule has 0 atom stereocenters. The monoisotopic (exact) mass is 377 g/mol. The second-order valence-corrected chi connectivity index (χ2v) is 9.30. The number of hydrogen-bond donors (Lipinski definition) is 0. The Morgan fingerprint density at radius 3 is 1.93 bits per heavy atom. The average Bonchev–Trinajstić information content (AvgIpc) is 2.73. The van der Waals surface area contributed by atoms with Gasteiger partial charge in [-0.05, 0) is 67.5 Å². The van der Waals surface area contributed by atoms with Crippen molar-refractivity contribution in [3.8, 4) is 0 Å². The highest BCUT2D eigenvalue weighted by molar-refractivity contribution is 7.79. The Morgan fingerprint density at radius 2 is 1.33 bits per heavy atom. The van der Waals surface area contributed by atoms with E-state index in [-0.39, 0.29) is 5.82 Å². The van der Waals surface area contributed by atoms with Gasteiger partial charge in [0.2, 0.25) is 0 Å². The highest BCUT2D eigenvalue weighted by Crippen LogP contribution is 2.34. The third kappa shape index (κ3) is 4.46. The number of benzene rings is 3. The maximum atomic E-state index is 14.3. The van der Waals surface area contributed by atoms with Gasteiger partial charge in [-0.1, -0.05) is 73.2 Å². The zero-order valence-corrected chi connectivity index (χ0v) is 16.4. The van der Waals surface area contributed by atoms with Crippen LogP contribution in [0.4, 0.5) is 4.39 Å². The van der Waals surface area contributed by atoms with Gasteiger partial charge in [0.25, 0.3) is 0 Å². The minimum absolute atomic E-state index is 0.147. The van der Waals surface area contributed by atoms with E-state index >= 15 is 0 Å². The Kier molecular flexibility index (Phi) is 5.97. The molecule has 0 aromatic heterocycles. The molecule has 27 heavy (non-hydrogen) atoms. The molecule has 1 saturated heterocycles. The van der Waals surface area contributed by atoms with Crippen molar-refractivity contribution in [2.75, 3.05) is 13.1 Å². The Hall–Kier alpha value is -2.02. The quantitative estimate of drug-likeness (QED) is 0.589. The predicted molar refractivity (Wildman–Crippen MR) is 114 cm³/mol. The van der Waals surface area contributed by atoms with Crippen LogP contribution < -0.4 is 15.9 Å². The van der Waals surface area contributed by atoms with Gasteiger partial charge in [-0.2, -0.15) is 0 Å². The molecule has 3 aromatic rings. The first-order valence-electron chi connectivity index (χ1n) is 9.72. The summed E-state index contributed by atoms with van der Waals surface area (Å²) in [5.41, 5.74) is 1.26. The Morgan fingerprint density at radius 1 is 0.741 bits per heavy atom. The molecule has 3 heteroatoms. The number of rotatable bonds is 5. The van der Waals surface area contributed by atoms with Gasteiger partial charge in [-0.3, -0.25) is 4.90 Å². The van der Waals surface area contributed by atoms with Gasteiger partial charge in [0.1, 0.15) is 5.82 Å². The van der Waals surface area contributed by atoms with E-state index in [4.69, 9.17) is 0 Å². The van der Waals surface area contributed by atoms with Crippen LogP contribution in [0.1, 0.15) is 24.8 Å².